The zero-order valence-corrected chi connectivity index (χ0v) is 37.9. The van der Waals surface area contributed by atoms with Crippen molar-refractivity contribution in [2.75, 3.05) is 0 Å². The number of allylic oxidation sites excluding steroid dienone is 8. The van der Waals surface area contributed by atoms with Crippen LogP contribution in [0.15, 0.2) is 223 Å². The largest absolute Gasteiger partial charge is 0.248 e. The molecule has 1 aliphatic rings. The monoisotopic (exact) mass is 817 g/mol. The van der Waals surface area contributed by atoms with Crippen molar-refractivity contribution in [3.63, 3.8) is 0 Å². The fourth-order valence-corrected chi connectivity index (χ4v) is 7.47. The summed E-state index contributed by atoms with van der Waals surface area (Å²) in [5.41, 5.74) is 21.7. The van der Waals surface area contributed by atoms with Crippen molar-refractivity contribution in [2.24, 2.45) is 4.99 Å². The fourth-order valence-electron chi connectivity index (χ4n) is 7.47. The van der Waals surface area contributed by atoms with Crippen molar-refractivity contribution < 1.29 is 0 Å². The summed E-state index contributed by atoms with van der Waals surface area (Å²) < 4.78 is 0. The van der Waals surface area contributed by atoms with Crippen LogP contribution in [0, 0.1) is 27.7 Å². The smallest absolute Gasteiger partial charge is 0.0712 e. The quantitative estimate of drug-likeness (QED) is 0.136. The molecule has 0 atom stereocenters. The molecule has 0 radical (unpaired) electrons. The van der Waals surface area contributed by atoms with Crippen LogP contribution in [0.3, 0.4) is 0 Å². The molecule has 1 heteroatoms. The van der Waals surface area contributed by atoms with Crippen molar-refractivity contribution in [1.82, 2.24) is 0 Å². The van der Waals surface area contributed by atoms with Crippen LogP contribution in [0.2, 0.25) is 0 Å². The van der Waals surface area contributed by atoms with E-state index in [2.05, 4.69) is 249 Å². The molecule has 1 aliphatic carbocycles. The van der Waals surface area contributed by atoms with Crippen molar-refractivity contribution in [3.8, 4) is 11.1 Å². The molecule has 1 nitrogen and oxygen atoms in total. The van der Waals surface area contributed by atoms with Gasteiger partial charge in [-0.25, -0.2) is 4.99 Å². The second-order valence-electron chi connectivity index (χ2n) is 16.1. The second kappa shape index (κ2) is 22.5. The number of hydrogen-bond donors (Lipinski definition) is 0. The van der Waals surface area contributed by atoms with Gasteiger partial charge in [0.1, 0.15) is 0 Å². The van der Waals surface area contributed by atoms with E-state index in [9.17, 15) is 0 Å². The predicted octanol–water partition coefficient (Wildman–Crippen LogP) is 17.1. The van der Waals surface area contributed by atoms with Crippen molar-refractivity contribution in [1.29, 1.82) is 0 Å². The average Bonchev–Trinajstić information content (AvgIpc) is 3.31. The third-order valence-corrected chi connectivity index (χ3v) is 11.1. The molecule has 0 saturated heterocycles. The molecule has 63 heavy (non-hydrogen) atoms. The Balaban J connectivity index is 0.000000173. The van der Waals surface area contributed by atoms with Gasteiger partial charge in [0.15, 0.2) is 0 Å². The van der Waals surface area contributed by atoms with Crippen molar-refractivity contribution in [2.45, 2.75) is 48.5 Å². The Bertz CT molecular complexity index is 2690. The highest BCUT2D eigenvalue weighted by Crippen LogP contribution is 2.28. The molecule has 0 bridgehead atoms. The molecule has 0 unspecified atom stereocenters. The first-order valence-corrected chi connectivity index (χ1v) is 21.7. The maximum absolute atomic E-state index is 4.89. The van der Waals surface area contributed by atoms with Crippen LogP contribution < -0.4 is 0 Å². The van der Waals surface area contributed by atoms with Gasteiger partial charge in [0.2, 0.25) is 0 Å². The zero-order chi connectivity index (χ0) is 44.6. The predicted molar refractivity (Wildman–Crippen MR) is 277 cm³/mol. The Morgan fingerprint density at radius 1 is 0.429 bits per heavy atom. The second-order valence-corrected chi connectivity index (χ2v) is 16.1. The summed E-state index contributed by atoms with van der Waals surface area (Å²) in [6.45, 7) is 19.3. The van der Waals surface area contributed by atoms with Gasteiger partial charge in [-0.3, -0.25) is 0 Å². The summed E-state index contributed by atoms with van der Waals surface area (Å²) in [6, 6.07) is 63.4. The Morgan fingerprint density at radius 3 is 1.33 bits per heavy atom. The Kier molecular flexibility index (Phi) is 16.1. The molecule has 0 saturated carbocycles. The molecule has 8 rings (SSSR count). The summed E-state index contributed by atoms with van der Waals surface area (Å²) in [6.07, 6.45) is 12.7. The van der Waals surface area contributed by atoms with Crippen LogP contribution in [0.25, 0.3) is 45.7 Å². The fraction of sp³-hybridized carbons (Fsp3) is 0.113. The topological polar surface area (TPSA) is 12.4 Å². The zero-order valence-electron chi connectivity index (χ0n) is 37.9. The van der Waals surface area contributed by atoms with E-state index in [1.165, 1.54) is 77.9 Å². The van der Waals surface area contributed by atoms with Crippen LogP contribution in [0.5, 0.6) is 0 Å². The minimum atomic E-state index is 0.764. The molecule has 0 N–H and O–H groups in total. The van der Waals surface area contributed by atoms with E-state index < -0.39 is 0 Å². The number of hydrogen-bond acceptors (Lipinski definition) is 1. The van der Waals surface area contributed by atoms with Gasteiger partial charge in [-0.2, -0.15) is 0 Å². The first kappa shape index (κ1) is 45.2. The van der Waals surface area contributed by atoms with Crippen molar-refractivity contribution >= 4 is 40.3 Å². The lowest BCUT2D eigenvalue weighted by Crippen LogP contribution is -2.03. The van der Waals surface area contributed by atoms with Crippen LogP contribution in [-0.2, 0) is 0 Å². The van der Waals surface area contributed by atoms with Crippen molar-refractivity contribution in [3.05, 3.63) is 274 Å². The van der Waals surface area contributed by atoms with Gasteiger partial charge in [-0.05, 0) is 127 Å². The molecule has 312 valence electrons. The van der Waals surface area contributed by atoms with Crippen LogP contribution in [0.4, 0.5) is 0 Å². The van der Waals surface area contributed by atoms with Gasteiger partial charge >= 0.3 is 0 Å². The van der Waals surface area contributed by atoms with E-state index in [0.29, 0.717) is 0 Å². The maximum atomic E-state index is 4.89. The minimum Gasteiger partial charge on any atom is -0.248 e. The number of rotatable bonds is 8. The van der Waals surface area contributed by atoms with Gasteiger partial charge in [0.05, 0.1) is 11.4 Å². The van der Waals surface area contributed by atoms with E-state index in [1.807, 2.05) is 24.3 Å². The molecule has 0 aromatic heterocycles. The SMILES string of the molecule is C/C(=C\c1ccccc1C)c1ccccc1.C/C(=C\c1ccccc1C)c1ccccc1.C=C(N=C1C=CC=C/C1=C(/C)c1ccccc1)c1ccc(-c2cc(C)cc(C)c2)cc1. The van der Waals surface area contributed by atoms with E-state index in [-0.39, 0.29) is 0 Å². The van der Waals surface area contributed by atoms with Crippen LogP contribution >= 0.6 is 0 Å². The first-order valence-electron chi connectivity index (χ1n) is 21.7. The average molecular weight is 818 g/mol. The first-order chi connectivity index (χ1) is 30.5. The van der Waals surface area contributed by atoms with Gasteiger partial charge in [-0.1, -0.05) is 230 Å². The number of nitrogens with zero attached hydrogens (tertiary/aromatic N) is 1. The third kappa shape index (κ3) is 13.1. The summed E-state index contributed by atoms with van der Waals surface area (Å²) in [5.74, 6) is 0. The Labute approximate surface area is 377 Å². The van der Waals surface area contributed by atoms with E-state index in [1.54, 1.807) is 0 Å². The summed E-state index contributed by atoms with van der Waals surface area (Å²) in [7, 11) is 0. The lowest BCUT2D eigenvalue weighted by atomic mass is 9.95. The van der Waals surface area contributed by atoms with Gasteiger partial charge in [-0.15, -0.1) is 0 Å². The summed E-state index contributed by atoms with van der Waals surface area (Å²) in [5, 5.41) is 0. The highest BCUT2D eigenvalue weighted by Gasteiger charge is 2.11. The van der Waals surface area contributed by atoms with Gasteiger partial charge in [0.25, 0.3) is 0 Å². The molecule has 0 fully saturated rings. The van der Waals surface area contributed by atoms with E-state index in [4.69, 9.17) is 4.99 Å². The van der Waals surface area contributed by atoms with E-state index in [0.717, 1.165) is 22.5 Å². The molecule has 0 amide bonds. The maximum Gasteiger partial charge on any atom is 0.0712 e. The molecular weight excluding hydrogens is 759 g/mol. The standard InChI is InChI=1S/C30H27N.2C16H16/c1-21-18-22(2)20-28(19-21)27-16-14-26(15-17-27)24(4)31-30-13-9-8-12-29(30)23(3)25-10-6-5-7-11-25;2*1-13-8-6-7-11-16(13)12-14(2)15-9-4-3-5-10-15/h5-20H,4H2,1-3H3;2*3-12H,1-2H3/b29-23+,31-30?;2*14-12+. The summed E-state index contributed by atoms with van der Waals surface area (Å²) in [4.78, 5) is 4.89. The molecule has 7 aromatic carbocycles. The number of aliphatic imine (C=N–C) groups is 1. The van der Waals surface area contributed by atoms with Gasteiger partial charge in [0, 0.05) is 5.57 Å². The van der Waals surface area contributed by atoms with Crippen LogP contribution in [-0.4, -0.2) is 5.71 Å². The lowest BCUT2D eigenvalue weighted by molar-refractivity contribution is 1.38. The Morgan fingerprint density at radius 2 is 0.857 bits per heavy atom. The highest BCUT2D eigenvalue weighted by molar-refractivity contribution is 6.17. The number of benzene rings is 7. The number of aryl methyl sites for hydroxylation is 4. The molecule has 0 spiro atoms. The minimum absolute atomic E-state index is 0.764. The van der Waals surface area contributed by atoms with Gasteiger partial charge < -0.3 is 0 Å². The highest BCUT2D eigenvalue weighted by atomic mass is 14.8. The van der Waals surface area contributed by atoms with Crippen LogP contribution in [0.1, 0.15) is 76.4 Å². The molecule has 0 aliphatic heterocycles. The molecule has 7 aromatic rings. The summed E-state index contributed by atoms with van der Waals surface area (Å²) >= 11 is 0. The normalized spacial score (nSPS) is 13.7. The lowest BCUT2D eigenvalue weighted by Gasteiger charge is -2.13. The molecular formula is C62H59N. The van der Waals surface area contributed by atoms with E-state index >= 15 is 0 Å². The third-order valence-electron chi connectivity index (χ3n) is 11.1. The molecule has 0 heterocycles. The Hall–Kier alpha value is -7.35.